The Morgan fingerprint density at radius 2 is 1.88 bits per heavy atom. The van der Waals surface area contributed by atoms with Crippen LogP contribution in [0.25, 0.3) is 0 Å². The minimum absolute atomic E-state index is 0.0592. The Balaban J connectivity index is 1.32. The monoisotopic (exact) mass is 461 g/mol. The van der Waals surface area contributed by atoms with Crippen LogP contribution in [0.3, 0.4) is 0 Å². The number of hydrogen-bond donors (Lipinski definition) is 0. The second-order valence-corrected chi connectivity index (χ2v) is 9.12. The Labute approximate surface area is 192 Å². The second kappa shape index (κ2) is 9.16. The first-order valence-corrected chi connectivity index (χ1v) is 11.7. The smallest absolute Gasteiger partial charge is 0.416 e. The van der Waals surface area contributed by atoms with Crippen LogP contribution in [-0.4, -0.2) is 62.7 Å². The fourth-order valence-electron chi connectivity index (χ4n) is 5.01. The van der Waals surface area contributed by atoms with E-state index in [0.29, 0.717) is 31.2 Å². The van der Waals surface area contributed by atoms with Gasteiger partial charge in [-0.25, -0.2) is 0 Å². The van der Waals surface area contributed by atoms with Crippen LogP contribution in [0.5, 0.6) is 5.75 Å². The van der Waals surface area contributed by atoms with Gasteiger partial charge in [0.25, 0.3) is 0 Å². The summed E-state index contributed by atoms with van der Waals surface area (Å²) in [5, 5.41) is 0. The van der Waals surface area contributed by atoms with Gasteiger partial charge in [0.2, 0.25) is 0 Å². The van der Waals surface area contributed by atoms with Crippen molar-refractivity contribution < 1.29 is 22.6 Å². The van der Waals surface area contributed by atoms with Crippen LogP contribution in [0, 0.1) is 0 Å². The molecule has 3 aliphatic heterocycles. The Kier molecular flexibility index (Phi) is 6.24. The van der Waals surface area contributed by atoms with Gasteiger partial charge in [-0.2, -0.15) is 13.2 Å². The maximum atomic E-state index is 13.4. The van der Waals surface area contributed by atoms with Crippen LogP contribution in [-0.2, 0) is 17.5 Å². The van der Waals surface area contributed by atoms with Gasteiger partial charge in [0.05, 0.1) is 23.0 Å². The summed E-state index contributed by atoms with van der Waals surface area (Å²) in [4.78, 5) is 6.81. The molecular weight excluding hydrogens is 431 g/mol. The topological polar surface area (TPSA) is 28.2 Å². The lowest BCUT2D eigenvalue weighted by Crippen LogP contribution is -2.44. The summed E-state index contributed by atoms with van der Waals surface area (Å²) in [5.41, 5.74) is 2.76. The molecule has 1 saturated heterocycles. The molecule has 2 aromatic carbocycles. The fourth-order valence-corrected chi connectivity index (χ4v) is 5.01. The van der Waals surface area contributed by atoms with E-state index in [9.17, 15) is 13.2 Å². The summed E-state index contributed by atoms with van der Waals surface area (Å²) in [6.45, 7) is 7.02. The van der Waals surface area contributed by atoms with Crippen molar-refractivity contribution in [2.75, 3.05) is 57.8 Å². The summed E-state index contributed by atoms with van der Waals surface area (Å²) in [6, 6.07) is 9.74. The molecule has 178 valence electrons. The molecule has 1 atom stereocenters. The van der Waals surface area contributed by atoms with E-state index in [0.717, 1.165) is 68.4 Å². The molecule has 2 aromatic rings. The zero-order chi connectivity index (χ0) is 23.0. The average molecular weight is 462 g/mol. The summed E-state index contributed by atoms with van der Waals surface area (Å²) in [7, 11) is 2.16. The van der Waals surface area contributed by atoms with Crippen LogP contribution in [0.15, 0.2) is 36.4 Å². The van der Waals surface area contributed by atoms with Crippen molar-refractivity contribution in [1.82, 2.24) is 9.80 Å². The van der Waals surface area contributed by atoms with Gasteiger partial charge in [-0.05, 0) is 38.1 Å². The Morgan fingerprint density at radius 1 is 1.06 bits per heavy atom. The van der Waals surface area contributed by atoms with Crippen LogP contribution in [0.2, 0.25) is 0 Å². The number of hydrogen-bond acceptors (Lipinski definition) is 5. The second-order valence-electron chi connectivity index (χ2n) is 9.12. The largest absolute Gasteiger partial charge is 0.487 e. The third-order valence-corrected chi connectivity index (χ3v) is 6.88. The number of ether oxygens (including phenoxy) is 2. The molecule has 5 rings (SSSR count). The molecule has 0 amide bonds. The maximum absolute atomic E-state index is 13.4. The van der Waals surface area contributed by atoms with Crippen LogP contribution in [0.4, 0.5) is 24.5 Å². The van der Waals surface area contributed by atoms with Gasteiger partial charge in [-0.3, -0.25) is 0 Å². The first-order valence-electron chi connectivity index (χ1n) is 11.7. The molecule has 0 N–H and O–H groups in total. The van der Waals surface area contributed by atoms with Crippen molar-refractivity contribution in [3.05, 3.63) is 53.1 Å². The first kappa shape index (κ1) is 22.5. The maximum Gasteiger partial charge on any atom is 0.416 e. The van der Waals surface area contributed by atoms with Crippen LogP contribution in [0.1, 0.15) is 35.6 Å². The van der Waals surface area contributed by atoms with Crippen molar-refractivity contribution in [2.24, 2.45) is 0 Å². The molecule has 3 heterocycles. The number of para-hydroxylation sites is 1. The lowest BCUT2D eigenvalue weighted by molar-refractivity contribution is -0.137. The van der Waals surface area contributed by atoms with E-state index in [2.05, 4.69) is 16.8 Å². The van der Waals surface area contributed by atoms with E-state index in [1.165, 1.54) is 12.1 Å². The minimum Gasteiger partial charge on any atom is -0.487 e. The molecule has 1 unspecified atom stereocenters. The van der Waals surface area contributed by atoms with Crippen molar-refractivity contribution in [1.29, 1.82) is 0 Å². The molecule has 0 aliphatic carbocycles. The first-order chi connectivity index (χ1) is 15.9. The van der Waals surface area contributed by atoms with E-state index < -0.39 is 11.7 Å². The number of benzene rings is 2. The number of anilines is 2. The molecule has 8 heteroatoms. The van der Waals surface area contributed by atoms with Gasteiger partial charge in [0, 0.05) is 57.0 Å². The summed E-state index contributed by atoms with van der Waals surface area (Å²) < 4.78 is 52.4. The van der Waals surface area contributed by atoms with E-state index >= 15 is 0 Å². The van der Waals surface area contributed by atoms with E-state index in [1.54, 1.807) is 0 Å². The highest BCUT2D eigenvalue weighted by Gasteiger charge is 2.35. The molecule has 5 nitrogen and oxygen atoms in total. The Morgan fingerprint density at radius 3 is 2.67 bits per heavy atom. The average Bonchev–Trinajstić information content (AvgIpc) is 2.96. The highest BCUT2D eigenvalue weighted by Crippen LogP contribution is 2.48. The van der Waals surface area contributed by atoms with Gasteiger partial charge in [-0.15, -0.1) is 0 Å². The van der Waals surface area contributed by atoms with Gasteiger partial charge in [-0.1, -0.05) is 18.2 Å². The number of likely N-dealkylation sites (N-methyl/N-ethyl adjacent to an activating group) is 1. The van der Waals surface area contributed by atoms with Crippen LogP contribution >= 0.6 is 0 Å². The summed E-state index contributed by atoms with van der Waals surface area (Å²) in [5.74, 6) is 0.483. The molecular formula is C25H30F3N3O2. The highest BCUT2D eigenvalue weighted by molar-refractivity contribution is 5.77. The molecule has 0 saturated carbocycles. The fraction of sp³-hybridized carbons (Fsp3) is 0.520. The molecule has 3 aliphatic rings. The molecule has 0 spiro atoms. The lowest BCUT2D eigenvalue weighted by Gasteiger charge is -2.36. The highest BCUT2D eigenvalue weighted by atomic mass is 19.4. The quantitative estimate of drug-likeness (QED) is 0.595. The normalized spacial score (nSPS) is 21.2. The third kappa shape index (κ3) is 4.69. The van der Waals surface area contributed by atoms with Gasteiger partial charge in [0.1, 0.15) is 12.4 Å². The number of halogens is 3. The molecule has 0 bridgehead atoms. The predicted molar refractivity (Wildman–Crippen MR) is 121 cm³/mol. The van der Waals surface area contributed by atoms with Crippen molar-refractivity contribution in [3.63, 3.8) is 0 Å². The number of nitrogens with zero attached hydrogens (tertiary/aromatic N) is 3. The summed E-state index contributed by atoms with van der Waals surface area (Å²) >= 11 is 0. The van der Waals surface area contributed by atoms with Crippen molar-refractivity contribution >= 4 is 11.4 Å². The molecule has 0 aromatic heterocycles. The molecule has 33 heavy (non-hydrogen) atoms. The number of piperazine rings is 1. The van der Waals surface area contributed by atoms with E-state index in [-0.39, 0.29) is 6.10 Å². The van der Waals surface area contributed by atoms with Gasteiger partial charge >= 0.3 is 6.18 Å². The molecule has 1 fully saturated rings. The zero-order valence-electron chi connectivity index (χ0n) is 18.9. The van der Waals surface area contributed by atoms with Crippen LogP contribution < -0.4 is 9.64 Å². The third-order valence-electron chi connectivity index (χ3n) is 6.88. The summed E-state index contributed by atoms with van der Waals surface area (Å²) in [6.07, 6.45) is -2.76. The molecule has 0 radical (unpaired) electrons. The Bertz CT molecular complexity index is 989. The predicted octanol–water partition coefficient (Wildman–Crippen LogP) is 4.83. The van der Waals surface area contributed by atoms with Crippen molar-refractivity contribution in [2.45, 2.75) is 31.7 Å². The van der Waals surface area contributed by atoms with Crippen molar-refractivity contribution in [3.8, 4) is 5.75 Å². The zero-order valence-corrected chi connectivity index (χ0v) is 18.9. The number of rotatable bonds is 5. The van der Waals surface area contributed by atoms with E-state index in [1.807, 2.05) is 23.1 Å². The SMILES string of the molecule is CN1CCN(CCCOC2CCN3c4cc(C(F)(F)F)ccc4OCc4cccc2c43)CC1. The standard InChI is InChI=1S/C25H30F3N3O2/c1-29-11-13-30(14-12-29)9-3-15-32-22-8-10-31-21-16-19(25(26,27)28)6-7-23(21)33-17-18-4-2-5-20(22)24(18)31/h2,4-7,16,22H,3,8-15,17H2,1H3. The Hall–Kier alpha value is -2.29. The number of fused-ring (bicyclic) bond motifs is 2. The minimum atomic E-state index is -4.39. The van der Waals surface area contributed by atoms with E-state index in [4.69, 9.17) is 9.47 Å². The number of alkyl halides is 3. The lowest BCUT2D eigenvalue weighted by atomic mass is 9.94. The van der Waals surface area contributed by atoms with Gasteiger partial charge in [0.15, 0.2) is 0 Å². The van der Waals surface area contributed by atoms with Gasteiger partial charge < -0.3 is 24.2 Å².